The summed E-state index contributed by atoms with van der Waals surface area (Å²) in [6.45, 7) is 0.142. The van der Waals surface area contributed by atoms with Crippen molar-refractivity contribution in [3.05, 3.63) is 101 Å². The highest BCUT2D eigenvalue weighted by Crippen LogP contribution is 2.36. The lowest BCUT2D eigenvalue weighted by atomic mass is 10.2. The Kier molecular flexibility index (Phi) is 6.34. The highest BCUT2D eigenvalue weighted by molar-refractivity contribution is 6.32. The zero-order valence-electron chi connectivity index (χ0n) is 18.9. The molecule has 0 radical (unpaired) electrons. The smallest absolute Gasteiger partial charge is 0.419 e. The number of nitrogen functional groups attached to an aromatic ring is 1. The molecule has 0 aliphatic heterocycles. The van der Waals surface area contributed by atoms with Gasteiger partial charge in [0.1, 0.15) is 30.3 Å². The molecule has 188 valence electrons. The van der Waals surface area contributed by atoms with E-state index in [0.29, 0.717) is 44.4 Å². The van der Waals surface area contributed by atoms with Gasteiger partial charge in [-0.05, 0) is 54.1 Å². The lowest BCUT2D eigenvalue weighted by molar-refractivity contribution is -0.136. The third kappa shape index (κ3) is 5.29. The molecule has 6 nitrogen and oxygen atoms in total. The summed E-state index contributed by atoms with van der Waals surface area (Å²) in [6, 6.07) is 16.1. The zero-order valence-corrected chi connectivity index (χ0v) is 19.7. The van der Waals surface area contributed by atoms with Crippen molar-refractivity contribution in [3.8, 4) is 11.4 Å². The molecule has 2 aromatic heterocycles. The largest absolute Gasteiger partial charge is 0.487 e. The standard InChI is InChI=1S/C26H18ClF4N5O/c27-21-9-17(4-7-24(21)37-13-15-2-1-3-16(28)8-15)35-25-19-10-18(5-6-23(19)33-14-34-25)36-11-20(22(32)12-36)26(29,30)31/h1-12,14H,13,32H2,(H,33,34,35). The number of hydrogen-bond acceptors (Lipinski definition) is 5. The first kappa shape index (κ1) is 24.4. The van der Waals surface area contributed by atoms with E-state index in [2.05, 4.69) is 15.3 Å². The van der Waals surface area contributed by atoms with Crippen molar-refractivity contribution in [3.63, 3.8) is 0 Å². The van der Waals surface area contributed by atoms with Gasteiger partial charge >= 0.3 is 6.18 Å². The number of fused-ring (bicyclic) bond motifs is 1. The molecule has 0 unspecified atom stereocenters. The molecule has 2 heterocycles. The topological polar surface area (TPSA) is 78.0 Å². The van der Waals surface area contributed by atoms with E-state index in [1.807, 2.05) is 0 Å². The number of nitrogens with zero attached hydrogens (tertiary/aromatic N) is 3. The molecule has 37 heavy (non-hydrogen) atoms. The second kappa shape index (κ2) is 9.62. The number of hydrogen-bond donors (Lipinski definition) is 2. The monoisotopic (exact) mass is 527 g/mol. The van der Waals surface area contributed by atoms with E-state index in [1.54, 1.807) is 48.5 Å². The average Bonchev–Trinajstić information content (AvgIpc) is 3.26. The molecule has 5 aromatic rings. The van der Waals surface area contributed by atoms with Crippen molar-refractivity contribution in [2.75, 3.05) is 11.1 Å². The van der Waals surface area contributed by atoms with Crippen LogP contribution in [0, 0.1) is 5.82 Å². The van der Waals surface area contributed by atoms with Crippen LogP contribution in [0.15, 0.2) is 79.4 Å². The number of nitrogens with one attached hydrogen (secondary N) is 1. The Morgan fingerprint density at radius 1 is 1.00 bits per heavy atom. The van der Waals surface area contributed by atoms with Crippen molar-refractivity contribution in [1.29, 1.82) is 0 Å². The van der Waals surface area contributed by atoms with Crippen LogP contribution in [-0.2, 0) is 12.8 Å². The maximum absolute atomic E-state index is 13.4. The van der Waals surface area contributed by atoms with E-state index >= 15 is 0 Å². The van der Waals surface area contributed by atoms with Crippen LogP contribution in [0.3, 0.4) is 0 Å². The highest BCUT2D eigenvalue weighted by atomic mass is 35.5. The lowest BCUT2D eigenvalue weighted by Crippen LogP contribution is -2.06. The minimum Gasteiger partial charge on any atom is -0.487 e. The normalized spacial score (nSPS) is 11.6. The number of alkyl halides is 3. The molecule has 0 fully saturated rings. The summed E-state index contributed by atoms with van der Waals surface area (Å²) in [4.78, 5) is 8.52. The van der Waals surface area contributed by atoms with E-state index in [-0.39, 0.29) is 18.1 Å². The molecule has 0 atom stereocenters. The average molecular weight is 528 g/mol. The van der Waals surface area contributed by atoms with Gasteiger partial charge in [0.2, 0.25) is 0 Å². The van der Waals surface area contributed by atoms with Gasteiger partial charge < -0.3 is 20.4 Å². The first-order valence-corrected chi connectivity index (χ1v) is 11.3. The van der Waals surface area contributed by atoms with E-state index in [9.17, 15) is 17.6 Å². The number of halogens is 5. The molecule has 0 aliphatic carbocycles. The maximum atomic E-state index is 13.4. The van der Waals surface area contributed by atoms with E-state index in [4.69, 9.17) is 22.1 Å². The van der Waals surface area contributed by atoms with Gasteiger partial charge in [-0.15, -0.1) is 0 Å². The van der Waals surface area contributed by atoms with Crippen LogP contribution in [0.25, 0.3) is 16.6 Å². The van der Waals surface area contributed by atoms with Crippen LogP contribution in [-0.4, -0.2) is 14.5 Å². The predicted octanol–water partition coefficient (Wildman–Crippen LogP) is 7.14. The SMILES string of the molecule is Nc1cn(-c2ccc3ncnc(Nc4ccc(OCc5cccc(F)c5)c(Cl)c4)c3c2)cc1C(F)(F)F. The zero-order chi connectivity index (χ0) is 26.2. The molecule has 11 heteroatoms. The van der Waals surface area contributed by atoms with Crippen LogP contribution in [0.1, 0.15) is 11.1 Å². The van der Waals surface area contributed by atoms with Gasteiger partial charge in [0.05, 0.1) is 21.8 Å². The molecule has 0 saturated carbocycles. The van der Waals surface area contributed by atoms with Crippen LogP contribution >= 0.6 is 11.6 Å². The fraction of sp³-hybridized carbons (Fsp3) is 0.0769. The molecule has 0 bridgehead atoms. The van der Waals surface area contributed by atoms with Crippen LogP contribution < -0.4 is 15.8 Å². The maximum Gasteiger partial charge on any atom is 0.419 e. The molecule has 0 saturated heterocycles. The Balaban J connectivity index is 1.40. The Labute approximate surface area is 213 Å². The number of anilines is 3. The van der Waals surface area contributed by atoms with Crippen LogP contribution in [0.4, 0.5) is 34.8 Å². The summed E-state index contributed by atoms with van der Waals surface area (Å²) in [6.07, 6.45) is -1.04. The Bertz CT molecular complexity index is 1600. The molecule has 3 N–H and O–H groups in total. The van der Waals surface area contributed by atoms with Gasteiger partial charge in [0.25, 0.3) is 0 Å². The van der Waals surface area contributed by atoms with Gasteiger partial charge in [-0.25, -0.2) is 14.4 Å². The molecular weight excluding hydrogens is 510 g/mol. The summed E-state index contributed by atoms with van der Waals surface area (Å²) >= 11 is 6.39. The fourth-order valence-corrected chi connectivity index (χ4v) is 4.02. The van der Waals surface area contributed by atoms with Gasteiger partial charge in [0.15, 0.2) is 0 Å². The van der Waals surface area contributed by atoms with Crippen molar-refractivity contribution in [2.24, 2.45) is 0 Å². The minimum atomic E-state index is -4.56. The van der Waals surface area contributed by atoms with Gasteiger partial charge in [-0.1, -0.05) is 23.7 Å². The Morgan fingerprint density at radius 2 is 1.84 bits per heavy atom. The van der Waals surface area contributed by atoms with E-state index in [0.717, 1.165) is 6.20 Å². The molecule has 0 aliphatic rings. The summed E-state index contributed by atoms with van der Waals surface area (Å²) < 4.78 is 60.0. The molecular formula is C26H18ClF4N5O. The Morgan fingerprint density at radius 3 is 2.57 bits per heavy atom. The number of rotatable bonds is 6. The minimum absolute atomic E-state index is 0.142. The predicted molar refractivity (Wildman–Crippen MR) is 134 cm³/mol. The van der Waals surface area contributed by atoms with Crippen molar-refractivity contribution in [2.45, 2.75) is 12.8 Å². The number of benzene rings is 3. The van der Waals surface area contributed by atoms with Crippen molar-refractivity contribution < 1.29 is 22.3 Å². The summed E-state index contributed by atoms with van der Waals surface area (Å²) in [7, 11) is 0. The number of nitrogens with two attached hydrogens (primary N) is 1. The first-order valence-electron chi connectivity index (χ1n) is 10.9. The summed E-state index contributed by atoms with van der Waals surface area (Å²) in [5.41, 5.74) is 6.59. The van der Waals surface area contributed by atoms with E-state index in [1.165, 1.54) is 29.2 Å². The summed E-state index contributed by atoms with van der Waals surface area (Å²) in [5.74, 6) is 0.484. The second-order valence-electron chi connectivity index (χ2n) is 8.14. The van der Waals surface area contributed by atoms with Gasteiger partial charge in [-0.2, -0.15) is 13.2 Å². The third-order valence-electron chi connectivity index (χ3n) is 5.56. The third-order valence-corrected chi connectivity index (χ3v) is 5.85. The molecule has 0 spiro atoms. The van der Waals surface area contributed by atoms with E-state index < -0.39 is 11.7 Å². The molecule has 3 aromatic carbocycles. The van der Waals surface area contributed by atoms with Crippen molar-refractivity contribution in [1.82, 2.24) is 14.5 Å². The highest BCUT2D eigenvalue weighted by Gasteiger charge is 2.34. The van der Waals surface area contributed by atoms with Crippen LogP contribution in [0.2, 0.25) is 5.02 Å². The molecule has 0 amide bonds. The quantitative estimate of drug-likeness (QED) is 0.230. The number of aromatic nitrogens is 3. The van der Waals surface area contributed by atoms with Gasteiger partial charge in [-0.3, -0.25) is 0 Å². The first-order chi connectivity index (χ1) is 17.7. The molecule has 5 rings (SSSR count). The van der Waals surface area contributed by atoms with Gasteiger partial charge in [0, 0.05) is 29.2 Å². The second-order valence-corrected chi connectivity index (χ2v) is 8.55. The summed E-state index contributed by atoms with van der Waals surface area (Å²) in [5, 5.41) is 4.06. The number of ether oxygens (including phenoxy) is 1. The van der Waals surface area contributed by atoms with Crippen LogP contribution in [0.5, 0.6) is 5.75 Å². The van der Waals surface area contributed by atoms with Crippen molar-refractivity contribution >= 4 is 39.7 Å². The lowest BCUT2D eigenvalue weighted by Gasteiger charge is -2.13. The Hall–Kier alpha value is -4.31. The fourth-order valence-electron chi connectivity index (χ4n) is 3.78.